The van der Waals surface area contributed by atoms with Crippen LogP contribution in [0.5, 0.6) is 0 Å². The second-order valence-corrected chi connectivity index (χ2v) is 5.01. The average molecular weight is 240 g/mol. The molecule has 0 aliphatic heterocycles. The van der Waals surface area contributed by atoms with E-state index in [1.165, 1.54) is 5.56 Å². The van der Waals surface area contributed by atoms with Crippen LogP contribution in [0.25, 0.3) is 0 Å². The van der Waals surface area contributed by atoms with E-state index in [1.807, 2.05) is 19.1 Å². The number of benzene rings is 1. The van der Waals surface area contributed by atoms with Crippen molar-refractivity contribution in [3.8, 4) is 0 Å². The maximum absolute atomic E-state index is 6.14. The predicted molar refractivity (Wildman–Crippen MR) is 66.6 cm³/mol. The molecule has 0 saturated heterocycles. The lowest BCUT2D eigenvalue weighted by Crippen LogP contribution is -2.17. The molecular formula is C13H18ClNO. The number of ether oxygens (including phenoxy) is 1. The summed E-state index contributed by atoms with van der Waals surface area (Å²) in [5.74, 6) is 0. The van der Waals surface area contributed by atoms with Crippen molar-refractivity contribution in [1.29, 1.82) is 0 Å². The summed E-state index contributed by atoms with van der Waals surface area (Å²) < 4.78 is 5.82. The van der Waals surface area contributed by atoms with Crippen LogP contribution in [0.15, 0.2) is 18.2 Å². The van der Waals surface area contributed by atoms with Gasteiger partial charge in [0.1, 0.15) is 0 Å². The molecule has 0 aromatic heterocycles. The van der Waals surface area contributed by atoms with Gasteiger partial charge in [0.2, 0.25) is 0 Å². The fraction of sp³-hybridized carbons (Fsp3) is 0.538. The first-order valence-corrected chi connectivity index (χ1v) is 6.15. The van der Waals surface area contributed by atoms with Crippen LogP contribution in [0.4, 0.5) is 0 Å². The largest absolute Gasteiger partial charge is 0.373 e. The van der Waals surface area contributed by atoms with Gasteiger partial charge in [-0.2, -0.15) is 0 Å². The molecule has 88 valence electrons. The summed E-state index contributed by atoms with van der Waals surface area (Å²) in [6.07, 6.45) is 3.44. The van der Waals surface area contributed by atoms with Gasteiger partial charge in [-0.25, -0.2) is 0 Å². The van der Waals surface area contributed by atoms with Crippen molar-refractivity contribution in [3.05, 3.63) is 34.3 Å². The molecule has 0 amide bonds. The normalized spacial score (nSPS) is 24.9. The Labute approximate surface area is 102 Å². The Morgan fingerprint density at radius 1 is 1.44 bits per heavy atom. The van der Waals surface area contributed by atoms with E-state index in [0.717, 1.165) is 29.8 Å². The van der Waals surface area contributed by atoms with E-state index < -0.39 is 0 Å². The molecule has 16 heavy (non-hydrogen) atoms. The van der Waals surface area contributed by atoms with Crippen LogP contribution in [0, 0.1) is 6.92 Å². The van der Waals surface area contributed by atoms with Gasteiger partial charge in [0.15, 0.2) is 0 Å². The standard InChI is InChI=1S/C13H18ClNO/c1-9-2-3-10(13(14)6-9)8-16-12-5-4-11(15)7-12/h2-3,6,11-12H,4-5,7-8,15H2,1H3. The Balaban J connectivity index is 1.89. The zero-order valence-corrected chi connectivity index (χ0v) is 10.3. The van der Waals surface area contributed by atoms with Crippen LogP contribution < -0.4 is 5.73 Å². The van der Waals surface area contributed by atoms with Gasteiger partial charge in [0.25, 0.3) is 0 Å². The van der Waals surface area contributed by atoms with Gasteiger partial charge in [-0.15, -0.1) is 0 Å². The number of rotatable bonds is 3. The summed E-state index contributed by atoms with van der Waals surface area (Å²) in [6, 6.07) is 6.39. The van der Waals surface area contributed by atoms with Crippen molar-refractivity contribution in [2.45, 2.75) is 44.9 Å². The van der Waals surface area contributed by atoms with E-state index in [0.29, 0.717) is 18.8 Å². The smallest absolute Gasteiger partial charge is 0.0735 e. The van der Waals surface area contributed by atoms with Gasteiger partial charge in [0.05, 0.1) is 12.7 Å². The van der Waals surface area contributed by atoms with E-state index in [2.05, 4.69) is 6.07 Å². The lowest BCUT2D eigenvalue weighted by Gasteiger charge is -2.12. The second-order valence-electron chi connectivity index (χ2n) is 4.60. The van der Waals surface area contributed by atoms with E-state index in [-0.39, 0.29) is 0 Å². The zero-order valence-electron chi connectivity index (χ0n) is 9.58. The molecule has 1 aromatic rings. The van der Waals surface area contributed by atoms with Gasteiger partial charge in [-0.3, -0.25) is 0 Å². The molecule has 0 heterocycles. The third-order valence-electron chi connectivity index (χ3n) is 3.11. The third kappa shape index (κ3) is 2.97. The van der Waals surface area contributed by atoms with E-state index in [1.54, 1.807) is 0 Å². The van der Waals surface area contributed by atoms with Crippen LogP contribution in [-0.4, -0.2) is 12.1 Å². The summed E-state index contributed by atoms with van der Waals surface area (Å²) in [4.78, 5) is 0. The lowest BCUT2D eigenvalue weighted by molar-refractivity contribution is 0.0449. The Morgan fingerprint density at radius 3 is 2.88 bits per heavy atom. The molecule has 2 unspecified atom stereocenters. The van der Waals surface area contributed by atoms with E-state index >= 15 is 0 Å². The molecule has 2 rings (SSSR count). The van der Waals surface area contributed by atoms with Gasteiger partial charge in [-0.05, 0) is 43.4 Å². The summed E-state index contributed by atoms with van der Waals surface area (Å²) in [5, 5.41) is 0.794. The van der Waals surface area contributed by atoms with Crippen LogP contribution in [0.3, 0.4) is 0 Å². The maximum atomic E-state index is 6.14. The molecule has 3 heteroatoms. The highest BCUT2D eigenvalue weighted by molar-refractivity contribution is 6.31. The number of hydrogen-bond acceptors (Lipinski definition) is 2. The quantitative estimate of drug-likeness (QED) is 0.880. The molecular weight excluding hydrogens is 222 g/mol. The minimum atomic E-state index is 0.312. The fourth-order valence-corrected chi connectivity index (χ4v) is 2.39. The lowest BCUT2D eigenvalue weighted by atomic mass is 10.1. The van der Waals surface area contributed by atoms with Gasteiger partial charge >= 0.3 is 0 Å². The molecule has 1 saturated carbocycles. The molecule has 1 aliphatic carbocycles. The first kappa shape index (κ1) is 11.9. The van der Waals surface area contributed by atoms with Gasteiger partial charge in [0, 0.05) is 11.1 Å². The summed E-state index contributed by atoms with van der Waals surface area (Å²) in [7, 11) is 0. The predicted octanol–water partition coefficient (Wildman–Crippen LogP) is 3.04. The zero-order chi connectivity index (χ0) is 11.5. The molecule has 1 aromatic carbocycles. The Kier molecular flexibility index (Phi) is 3.85. The Bertz CT molecular complexity index is 367. The molecule has 2 N–H and O–H groups in total. The number of hydrogen-bond donors (Lipinski definition) is 1. The van der Waals surface area contributed by atoms with Crippen molar-refractivity contribution in [2.24, 2.45) is 5.73 Å². The number of aryl methyl sites for hydroxylation is 1. The highest BCUT2D eigenvalue weighted by Crippen LogP contribution is 2.24. The van der Waals surface area contributed by atoms with Crippen LogP contribution >= 0.6 is 11.6 Å². The van der Waals surface area contributed by atoms with Crippen molar-refractivity contribution in [2.75, 3.05) is 0 Å². The first-order valence-electron chi connectivity index (χ1n) is 5.77. The molecule has 2 atom stereocenters. The molecule has 0 spiro atoms. The minimum absolute atomic E-state index is 0.312. The van der Waals surface area contributed by atoms with Gasteiger partial charge in [-0.1, -0.05) is 23.7 Å². The molecule has 0 bridgehead atoms. The van der Waals surface area contributed by atoms with Crippen molar-refractivity contribution >= 4 is 11.6 Å². The van der Waals surface area contributed by atoms with Crippen molar-refractivity contribution in [3.63, 3.8) is 0 Å². The number of halogens is 1. The van der Waals surface area contributed by atoms with Crippen molar-refractivity contribution < 1.29 is 4.74 Å². The molecule has 0 radical (unpaired) electrons. The van der Waals surface area contributed by atoms with Crippen LogP contribution in [0.2, 0.25) is 5.02 Å². The highest BCUT2D eigenvalue weighted by atomic mass is 35.5. The minimum Gasteiger partial charge on any atom is -0.373 e. The van der Waals surface area contributed by atoms with Crippen LogP contribution in [0.1, 0.15) is 30.4 Å². The summed E-state index contributed by atoms with van der Waals surface area (Å²) in [5.41, 5.74) is 8.08. The molecule has 1 fully saturated rings. The summed E-state index contributed by atoms with van der Waals surface area (Å²) in [6.45, 7) is 2.63. The summed E-state index contributed by atoms with van der Waals surface area (Å²) >= 11 is 6.14. The first-order chi connectivity index (χ1) is 7.65. The molecule has 2 nitrogen and oxygen atoms in total. The molecule has 1 aliphatic rings. The van der Waals surface area contributed by atoms with E-state index in [4.69, 9.17) is 22.1 Å². The van der Waals surface area contributed by atoms with Crippen molar-refractivity contribution in [1.82, 2.24) is 0 Å². The second kappa shape index (κ2) is 5.17. The fourth-order valence-electron chi connectivity index (χ4n) is 2.10. The third-order valence-corrected chi connectivity index (χ3v) is 3.46. The number of nitrogens with two attached hydrogens (primary N) is 1. The van der Waals surface area contributed by atoms with Crippen LogP contribution in [-0.2, 0) is 11.3 Å². The maximum Gasteiger partial charge on any atom is 0.0735 e. The topological polar surface area (TPSA) is 35.2 Å². The average Bonchev–Trinajstić information content (AvgIpc) is 2.63. The monoisotopic (exact) mass is 239 g/mol. The van der Waals surface area contributed by atoms with E-state index in [9.17, 15) is 0 Å². The highest BCUT2D eigenvalue weighted by Gasteiger charge is 2.22. The Morgan fingerprint density at radius 2 is 2.25 bits per heavy atom. The van der Waals surface area contributed by atoms with Gasteiger partial charge < -0.3 is 10.5 Å². The Hall–Kier alpha value is -0.570. The SMILES string of the molecule is Cc1ccc(COC2CCC(N)C2)c(Cl)c1.